The predicted octanol–water partition coefficient (Wildman–Crippen LogP) is 3.13. The Morgan fingerprint density at radius 1 is 1.20 bits per heavy atom. The summed E-state index contributed by atoms with van der Waals surface area (Å²) in [6.45, 7) is 1.31. The van der Waals surface area contributed by atoms with Gasteiger partial charge in [-0.15, -0.1) is 0 Å². The minimum Gasteiger partial charge on any atom is -0.494 e. The molecule has 0 unspecified atom stereocenters. The van der Waals surface area contributed by atoms with Gasteiger partial charge in [-0.3, -0.25) is 19.7 Å². The molecule has 0 spiro atoms. The van der Waals surface area contributed by atoms with Crippen molar-refractivity contribution in [1.29, 1.82) is 0 Å². The monoisotopic (exact) mass is 338 g/mol. The molecule has 0 heterocycles. The third kappa shape index (κ3) is 2.80. The molecule has 0 saturated carbocycles. The van der Waals surface area contributed by atoms with Gasteiger partial charge >= 0.3 is 0 Å². The quantitative estimate of drug-likeness (QED) is 0.484. The highest BCUT2D eigenvalue weighted by Gasteiger charge is 2.40. The van der Waals surface area contributed by atoms with Crippen molar-refractivity contribution < 1.29 is 19.2 Å². The zero-order chi connectivity index (χ0) is 18.1. The van der Waals surface area contributed by atoms with E-state index in [4.69, 9.17) is 4.74 Å². The summed E-state index contributed by atoms with van der Waals surface area (Å²) >= 11 is 0. The van der Waals surface area contributed by atoms with E-state index >= 15 is 0 Å². The SMILES string of the molecule is COc1ccccc1N=C1c2ccc([N+](=O)[O-])cc2C(=O)[C@@H]1C(C)=O. The molecule has 7 heteroatoms. The molecule has 1 atom stereocenters. The average Bonchev–Trinajstić information content (AvgIpc) is 2.87. The van der Waals surface area contributed by atoms with Gasteiger partial charge in [-0.1, -0.05) is 12.1 Å². The number of carbonyl (C=O) groups is 2. The maximum absolute atomic E-state index is 12.6. The number of hydrogen-bond donors (Lipinski definition) is 0. The summed E-state index contributed by atoms with van der Waals surface area (Å²) in [5.41, 5.74) is 1.13. The summed E-state index contributed by atoms with van der Waals surface area (Å²) in [6, 6.07) is 10.9. The Balaban J connectivity index is 2.21. The molecule has 0 fully saturated rings. The number of ketones is 2. The normalized spacial score (nSPS) is 17.4. The van der Waals surface area contributed by atoms with Crippen LogP contribution in [0.4, 0.5) is 11.4 Å². The fourth-order valence-corrected chi connectivity index (χ4v) is 2.86. The van der Waals surface area contributed by atoms with Crippen LogP contribution in [0, 0.1) is 16.0 Å². The van der Waals surface area contributed by atoms with Gasteiger partial charge in [0, 0.05) is 23.3 Å². The topological polar surface area (TPSA) is 98.9 Å². The molecular formula is C18H14N2O5. The Morgan fingerprint density at radius 3 is 2.56 bits per heavy atom. The van der Waals surface area contributed by atoms with Crippen LogP contribution < -0.4 is 4.74 Å². The summed E-state index contributed by atoms with van der Waals surface area (Å²) < 4.78 is 5.25. The standard InChI is InChI=1S/C18H14N2O5/c1-10(21)16-17(19-14-5-3-4-6-15(14)25-2)12-8-7-11(20(23)24)9-13(12)18(16)22/h3-9,16H,1-2H3/t16-/m1/s1. The van der Waals surface area contributed by atoms with Gasteiger partial charge in [0.25, 0.3) is 5.69 Å². The number of aliphatic imine (C=N–C) groups is 1. The Morgan fingerprint density at radius 2 is 1.92 bits per heavy atom. The number of fused-ring (bicyclic) bond motifs is 1. The van der Waals surface area contributed by atoms with Crippen molar-refractivity contribution in [2.45, 2.75) is 6.92 Å². The number of nitrogens with zero attached hydrogens (tertiary/aromatic N) is 2. The molecule has 3 rings (SSSR count). The Kier molecular flexibility index (Phi) is 4.14. The molecule has 1 aliphatic carbocycles. The number of para-hydroxylation sites is 2. The fraction of sp³-hybridized carbons (Fsp3) is 0.167. The first-order chi connectivity index (χ1) is 11.9. The van der Waals surface area contributed by atoms with Crippen molar-refractivity contribution in [3.05, 3.63) is 63.7 Å². The van der Waals surface area contributed by atoms with Gasteiger partial charge in [0.15, 0.2) is 5.78 Å². The number of methoxy groups -OCH3 is 1. The number of hydrogen-bond acceptors (Lipinski definition) is 6. The lowest BCUT2D eigenvalue weighted by Crippen LogP contribution is -2.23. The van der Waals surface area contributed by atoms with Crippen LogP contribution in [-0.4, -0.2) is 29.3 Å². The number of carbonyl (C=O) groups excluding carboxylic acids is 2. The summed E-state index contributed by atoms with van der Waals surface area (Å²) in [5.74, 6) is -1.40. The van der Waals surface area contributed by atoms with E-state index in [1.165, 1.54) is 32.2 Å². The molecule has 126 valence electrons. The van der Waals surface area contributed by atoms with Gasteiger partial charge in [-0.25, -0.2) is 4.99 Å². The summed E-state index contributed by atoms with van der Waals surface area (Å²) in [4.78, 5) is 39.5. The van der Waals surface area contributed by atoms with Gasteiger partial charge in [-0.2, -0.15) is 0 Å². The van der Waals surface area contributed by atoms with Crippen molar-refractivity contribution in [3.63, 3.8) is 0 Å². The molecule has 0 N–H and O–H groups in total. The Bertz CT molecular complexity index is 933. The zero-order valence-electron chi connectivity index (χ0n) is 13.6. The highest BCUT2D eigenvalue weighted by Crippen LogP contribution is 2.35. The maximum Gasteiger partial charge on any atom is 0.270 e. The van der Waals surface area contributed by atoms with Crippen LogP contribution in [0.3, 0.4) is 0 Å². The lowest BCUT2D eigenvalue weighted by molar-refractivity contribution is -0.384. The predicted molar refractivity (Wildman–Crippen MR) is 90.8 cm³/mol. The van der Waals surface area contributed by atoms with Gasteiger partial charge in [0.1, 0.15) is 23.1 Å². The largest absolute Gasteiger partial charge is 0.494 e. The first kappa shape index (κ1) is 16.5. The van der Waals surface area contributed by atoms with Crippen molar-refractivity contribution in [3.8, 4) is 5.75 Å². The van der Waals surface area contributed by atoms with E-state index in [-0.39, 0.29) is 22.7 Å². The van der Waals surface area contributed by atoms with Crippen molar-refractivity contribution >= 4 is 28.7 Å². The summed E-state index contributed by atoms with van der Waals surface area (Å²) in [5, 5.41) is 11.0. The summed E-state index contributed by atoms with van der Waals surface area (Å²) in [7, 11) is 1.50. The number of nitro benzene ring substituents is 1. The molecule has 0 saturated heterocycles. The van der Waals surface area contributed by atoms with Crippen molar-refractivity contribution in [2.24, 2.45) is 10.9 Å². The lowest BCUT2D eigenvalue weighted by atomic mass is 9.99. The van der Waals surface area contributed by atoms with E-state index in [0.29, 0.717) is 17.0 Å². The second kappa shape index (κ2) is 6.27. The lowest BCUT2D eigenvalue weighted by Gasteiger charge is -2.09. The minimum absolute atomic E-state index is 0.142. The number of benzene rings is 2. The Labute approximate surface area is 143 Å². The highest BCUT2D eigenvalue weighted by molar-refractivity contribution is 6.37. The van der Waals surface area contributed by atoms with Crippen LogP contribution in [0.1, 0.15) is 22.8 Å². The second-order valence-electron chi connectivity index (χ2n) is 5.56. The molecule has 7 nitrogen and oxygen atoms in total. The fourth-order valence-electron chi connectivity index (χ4n) is 2.86. The molecule has 1 aliphatic rings. The van der Waals surface area contributed by atoms with Gasteiger partial charge in [-0.05, 0) is 25.1 Å². The molecule has 0 aromatic heterocycles. The second-order valence-corrected chi connectivity index (χ2v) is 5.56. The van der Waals surface area contributed by atoms with E-state index in [0.717, 1.165) is 0 Å². The molecule has 0 amide bonds. The number of nitro groups is 1. The smallest absolute Gasteiger partial charge is 0.270 e. The third-order valence-corrected chi connectivity index (χ3v) is 4.02. The van der Waals surface area contributed by atoms with Crippen molar-refractivity contribution in [1.82, 2.24) is 0 Å². The van der Waals surface area contributed by atoms with E-state index in [2.05, 4.69) is 4.99 Å². The molecule has 0 aliphatic heterocycles. The third-order valence-electron chi connectivity index (χ3n) is 4.02. The Hall–Kier alpha value is -3.35. The van der Waals surface area contributed by atoms with Crippen molar-refractivity contribution in [2.75, 3.05) is 7.11 Å². The summed E-state index contributed by atoms with van der Waals surface area (Å²) in [6.07, 6.45) is 0. The molecule has 0 bridgehead atoms. The number of rotatable bonds is 4. The maximum atomic E-state index is 12.6. The first-order valence-corrected chi connectivity index (χ1v) is 7.49. The number of ether oxygens (including phenoxy) is 1. The molecule has 2 aromatic carbocycles. The van der Waals surface area contributed by atoms with Gasteiger partial charge in [0.2, 0.25) is 0 Å². The van der Waals surface area contributed by atoms with E-state index in [9.17, 15) is 19.7 Å². The van der Waals surface area contributed by atoms with Crippen LogP contribution in [0.5, 0.6) is 5.75 Å². The number of non-ortho nitro benzene ring substituents is 1. The van der Waals surface area contributed by atoms with E-state index < -0.39 is 16.6 Å². The highest BCUT2D eigenvalue weighted by atomic mass is 16.6. The van der Waals surface area contributed by atoms with E-state index in [1.807, 2.05) is 0 Å². The van der Waals surface area contributed by atoms with Crippen LogP contribution in [0.15, 0.2) is 47.5 Å². The molecule has 25 heavy (non-hydrogen) atoms. The van der Waals surface area contributed by atoms with Gasteiger partial charge in [0.05, 0.1) is 17.7 Å². The number of Topliss-reactive ketones (excluding diaryl/α,β-unsaturated/α-hetero) is 2. The minimum atomic E-state index is -1.07. The van der Waals surface area contributed by atoms with Crippen LogP contribution in [0.2, 0.25) is 0 Å². The molecule has 2 aromatic rings. The van der Waals surface area contributed by atoms with Crippen LogP contribution in [-0.2, 0) is 4.79 Å². The average molecular weight is 338 g/mol. The van der Waals surface area contributed by atoms with Crippen LogP contribution in [0.25, 0.3) is 0 Å². The zero-order valence-corrected chi connectivity index (χ0v) is 13.6. The van der Waals surface area contributed by atoms with Crippen LogP contribution >= 0.6 is 0 Å². The van der Waals surface area contributed by atoms with E-state index in [1.54, 1.807) is 24.3 Å². The molecular weight excluding hydrogens is 324 g/mol. The van der Waals surface area contributed by atoms with Gasteiger partial charge < -0.3 is 4.74 Å². The first-order valence-electron chi connectivity index (χ1n) is 7.49. The molecule has 0 radical (unpaired) electrons.